The van der Waals surface area contributed by atoms with Crippen LogP contribution in [0.25, 0.3) is 11.4 Å². The van der Waals surface area contributed by atoms with Crippen molar-refractivity contribution in [1.82, 2.24) is 20.4 Å². The average molecular weight is 412 g/mol. The summed E-state index contributed by atoms with van der Waals surface area (Å²) < 4.78 is 10.6. The number of aromatic nitrogens is 2. The molecule has 1 aliphatic rings. The smallest absolute Gasteiger partial charge is 0.429 e. The van der Waals surface area contributed by atoms with E-state index in [1.54, 1.807) is 40.1 Å². The Morgan fingerprint density at radius 2 is 1.90 bits per heavy atom. The van der Waals surface area contributed by atoms with E-state index in [0.29, 0.717) is 6.42 Å². The summed E-state index contributed by atoms with van der Waals surface area (Å²) in [4.78, 5) is 32.6. The van der Waals surface area contributed by atoms with Crippen molar-refractivity contribution in [2.24, 2.45) is 0 Å². The fraction of sp³-hybridized carbons (Fsp3) is 0.409. The molecule has 0 aliphatic heterocycles. The fourth-order valence-electron chi connectivity index (χ4n) is 3.49. The molecule has 0 saturated carbocycles. The predicted molar refractivity (Wildman–Crippen MR) is 113 cm³/mol. The van der Waals surface area contributed by atoms with Gasteiger partial charge in [0.1, 0.15) is 5.82 Å². The summed E-state index contributed by atoms with van der Waals surface area (Å²) in [7, 11) is 0. The van der Waals surface area contributed by atoms with E-state index < -0.39 is 12.2 Å². The van der Waals surface area contributed by atoms with Crippen LogP contribution in [0.2, 0.25) is 0 Å². The molecule has 1 aromatic heterocycles. The summed E-state index contributed by atoms with van der Waals surface area (Å²) in [6, 6.07) is 7.51. The predicted octanol–water partition coefficient (Wildman–Crippen LogP) is 4.39. The molecule has 0 fully saturated rings. The quantitative estimate of drug-likeness (QED) is 0.561. The van der Waals surface area contributed by atoms with Gasteiger partial charge in [-0.1, -0.05) is 36.4 Å². The summed E-state index contributed by atoms with van der Waals surface area (Å²) in [6.45, 7) is 7.02. The summed E-state index contributed by atoms with van der Waals surface area (Å²) in [5.74, 6) is 0.582. The van der Waals surface area contributed by atoms with Crippen LogP contribution in [0.4, 0.5) is 9.59 Å². The van der Waals surface area contributed by atoms with E-state index in [0.717, 1.165) is 17.0 Å². The molecular weight excluding hydrogens is 384 g/mol. The first-order valence-electron chi connectivity index (χ1n) is 10.1. The summed E-state index contributed by atoms with van der Waals surface area (Å²) in [5.41, 5.74) is 4.51. The maximum absolute atomic E-state index is 12.8. The Hall–Kier alpha value is -3.29. The van der Waals surface area contributed by atoms with E-state index in [4.69, 9.17) is 9.47 Å². The Morgan fingerprint density at radius 1 is 1.17 bits per heavy atom. The Labute approximate surface area is 176 Å². The third-order valence-corrected chi connectivity index (χ3v) is 4.63. The highest BCUT2D eigenvalue weighted by molar-refractivity contribution is 5.75. The number of rotatable bonds is 5. The van der Waals surface area contributed by atoms with Gasteiger partial charge in [-0.25, -0.2) is 25.0 Å². The fourth-order valence-corrected chi connectivity index (χ4v) is 3.49. The molecule has 0 radical (unpaired) electrons. The minimum Gasteiger partial charge on any atom is -0.446 e. The Bertz CT molecular complexity index is 892. The lowest BCUT2D eigenvalue weighted by atomic mass is 9.90. The van der Waals surface area contributed by atoms with Crippen LogP contribution in [0.3, 0.4) is 0 Å². The molecule has 2 amide bonds. The van der Waals surface area contributed by atoms with E-state index in [2.05, 4.69) is 15.4 Å². The number of benzene rings is 1. The third kappa shape index (κ3) is 5.00. The summed E-state index contributed by atoms with van der Waals surface area (Å²) >= 11 is 0. The van der Waals surface area contributed by atoms with Crippen LogP contribution in [0, 0.1) is 0 Å². The summed E-state index contributed by atoms with van der Waals surface area (Å²) in [5, 5.41) is 1.24. The molecule has 1 aliphatic carbocycles. The number of hydrazine groups is 1. The molecule has 1 aromatic carbocycles. The molecule has 3 rings (SSSR count). The molecule has 1 heterocycles. The molecule has 0 bridgehead atoms. The Kier molecular flexibility index (Phi) is 6.76. The number of aromatic amines is 1. The molecule has 30 heavy (non-hydrogen) atoms. The van der Waals surface area contributed by atoms with Crippen LogP contribution in [0.1, 0.15) is 45.6 Å². The molecule has 8 heteroatoms. The normalized spacial score (nSPS) is 17.9. The van der Waals surface area contributed by atoms with Crippen LogP contribution in [0.5, 0.6) is 0 Å². The molecule has 0 unspecified atom stereocenters. The van der Waals surface area contributed by atoms with E-state index >= 15 is 0 Å². The van der Waals surface area contributed by atoms with Gasteiger partial charge in [-0.2, -0.15) is 0 Å². The zero-order valence-electron chi connectivity index (χ0n) is 17.7. The summed E-state index contributed by atoms with van der Waals surface area (Å²) in [6.07, 6.45) is 6.10. The van der Waals surface area contributed by atoms with Crippen LogP contribution >= 0.6 is 0 Å². The van der Waals surface area contributed by atoms with Crippen molar-refractivity contribution in [2.75, 3.05) is 0 Å². The SMILES string of the molecule is CC(C)OC(=O)NN(C(=O)OC(C)C)[C@@H]1CC=C[C@H]1c1ccccc1-c1ncc[nH]1. The second-order valence-corrected chi connectivity index (χ2v) is 7.65. The number of carbonyl (C=O) groups excluding carboxylic acids is 2. The maximum Gasteiger partial charge on any atom is 0.429 e. The van der Waals surface area contributed by atoms with E-state index in [1.807, 2.05) is 36.4 Å². The van der Waals surface area contributed by atoms with Crippen molar-refractivity contribution in [3.05, 3.63) is 54.4 Å². The van der Waals surface area contributed by atoms with Gasteiger partial charge in [-0.05, 0) is 39.7 Å². The molecule has 8 nitrogen and oxygen atoms in total. The lowest BCUT2D eigenvalue weighted by molar-refractivity contribution is 0.0306. The largest absolute Gasteiger partial charge is 0.446 e. The molecular formula is C22H28N4O4. The van der Waals surface area contributed by atoms with Gasteiger partial charge < -0.3 is 14.5 Å². The molecule has 2 aromatic rings. The first-order chi connectivity index (χ1) is 14.4. The second kappa shape index (κ2) is 9.47. The number of amides is 2. The van der Waals surface area contributed by atoms with E-state index in [9.17, 15) is 9.59 Å². The van der Waals surface area contributed by atoms with Gasteiger partial charge in [0, 0.05) is 23.9 Å². The van der Waals surface area contributed by atoms with Gasteiger partial charge in [-0.3, -0.25) is 0 Å². The first-order valence-corrected chi connectivity index (χ1v) is 10.1. The topological polar surface area (TPSA) is 96.6 Å². The molecule has 160 valence electrons. The van der Waals surface area contributed by atoms with Gasteiger partial charge in [0.15, 0.2) is 0 Å². The number of nitrogens with zero attached hydrogens (tertiary/aromatic N) is 2. The minimum absolute atomic E-state index is 0.162. The first kappa shape index (κ1) is 21.4. The van der Waals surface area contributed by atoms with Crippen molar-refractivity contribution >= 4 is 12.2 Å². The second-order valence-electron chi connectivity index (χ2n) is 7.65. The Balaban J connectivity index is 1.92. The maximum atomic E-state index is 12.8. The number of ether oxygens (including phenoxy) is 2. The van der Waals surface area contributed by atoms with Crippen LogP contribution in [-0.2, 0) is 9.47 Å². The molecule has 0 spiro atoms. The monoisotopic (exact) mass is 412 g/mol. The lowest BCUT2D eigenvalue weighted by Crippen LogP contribution is -2.54. The lowest BCUT2D eigenvalue weighted by Gasteiger charge is -2.33. The van der Waals surface area contributed by atoms with Gasteiger partial charge >= 0.3 is 12.2 Å². The van der Waals surface area contributed by atoms with Crippen molar-refractivity contribution < 1.29 is 19.1 Å². The zero-order valence-corrected chi connectivity index (χ0v) is 17.7. The van der Waals surface area contributed by atoms with E-state index in [1.165, 1.54) is 5.01 Å². The number of imidazole rings is 1. The third-order valence-electron chi connectivity index (χ3n) is 4.63. The van der Waals surface area contributed by atoms with Gasteiger partial charge in [0.05, 0.1) is 18.2 Å². The number of H-pyrrole nitrogens is 1. The standard InChI is InChI=1S/C22H28N4O4/c1-14(2)29-21(27)25-26(22(28)30-15(3)4)19-11-7-10-17(19)16-8-5-6-9-18(16)20-23-12-13-24-20/h5-10,12-15,17,19H,11H2,1-4H3,(H,23,24)(H,25,27)/t17-,19+/m0/s1. The van der Waals surface area contributed by atoms with Crippen LogP contribution < -0.4 is 5.43 Å². The number of carbonyl (C=O) groups is 2. The van der Waals surface area contributed by atoms with E-state index in [-0.39, 0.29) is 24.2 Å². The number of nitrogens with one attached hydrogen (secondary N) is 2. The number of hydrogen-bond acceptors (Lipinski definition) is 5. The highest BCUT2D eigenvalue weighted by atomic mass is 16.6. The molecule has 2 N–H and O–H groups in total. The number of hydrogen-bond donors (Lipinski definition) is 2. The highest BCUT2D eigenvalue weighted by Crippen LogP contribution is 2.37. The zero-order chi connectivity index (χ0) is 21.7. The van der Waals surface area contributed by atoms with Crippen molar-refractivity contribution in [2.45, 2.75) is 58.3 Å². The van der Waals surface area contributed by atoms with Crippen molar-refractivity contribution in [3.63, 3.8) is 0 Å². The van der Waals surface area contributed by atoms with Gasteiger partial charge in [-0.15, -0.1) is 0 Å². The van der Waals surface area contributed by atoms with Crippen LogP contribution in [0.15, 0.2) is 48.8 Å². The van der Waals surface area contributed by atoms with Crippen molar-refractivity contribution in [1.29, 1.82) is 0 Å². The van der Waals surface area contributed by atoms with Crippen LogP contribution in [-0.4, -0.2) is 45.4 Å². The molecule has 0 saturated heterocycles. The molecule has 2 atom stereocenters. The highest BCUT2D eigenvalue weighted by Gasteiger charge is 2.37. The average Bonchev–Trinajstić information content (AvgIpc) is 3.37. The Morgan fingerprint density at radius 3 is 2.57 bits per heavy atom. The van der Waals surface area contributed by atoms with Gasteiger partial charge in [0.25, 0.3) is 0 Å². The van der Waals surface area contributed by atoms with Crippen molar-refractivity contribution in [3.8, 4) is 11.4 Å². The minimum atomic E-state index is -0.698. The van der Waals surface area contributed by atoms with Gasteiger partial charge in [0.2, 0.25) is 0 Å².